The van der Waals surface area contributed by atoms with Crippen molar-refractivity contribution in [2.24, 2.45) is 5.92 Å². The molecule has 0 aromatic heterocycles. The molecule has 1 atom stereocenters. The molecule has 80 valence electrons. The quantitative estimate of drug-likeness (QED) is 0.622. The Morgan fingerprint density at radius 2 is 1.93 bits per heavy atom. The van der Waals surface area contributed by atoms with Crippen LogP contribution < -0.4 is 5.32 Å². The van der Waals surface area contributed by atoms with Crippen LogP contribution in [0.4, 0.5) is 0 Å². The van der Waals surface area contributed by atoms with Gasteiger partial charge in [0, 0.05) is 6.20 Å². The minimum Gasteiger partial charge on any atom is -0.332 e. The lowest BCUT2D eigenvalue weighted by Crippen LogP contribution is -2.18. The van der Waals surface area contributed by atoms with Crippen LogP contribution in [-0.2, 0) is 4.79 Å². The molecule has 1 aliphatic rings. The zero-order valence-corrected chi connectivity index (χ0v) is 9.09. The fourth-order valence-electron chi connectivity index (χ4n) is 1.81. The van der Waals surface area contributed by atoms with Crippen LogP contribution >= 0.6 is 0 Å². The smallest absolute Gasteiger partial charge is 0.230 e. The molecule has 0 aliphatic carbocycles. The molecule has 0 saturated heterocycles. The summed E-state index contributed by atoms with van der Waals surface area (Å²) in [6.07, 6.45) is 12.6. The summed E-state index contributed by atoms with van der Waals surface area (Å²) in [4.78, 5) is 11.2. The molecular weight excluding hydrogens is 174 g/mol. The van der Waals surface area contributed by atoms with Crippen LogP contribution in [0.15, 0.2) is 12.3 Å². The van der Waals surface area contributed by atoms with Gasteiger partial charge in [-0.25, -0.2) is 0 Å². The van der Waals surface area contributed by atoms with E-state index in [1.165, 1.54) is 38.5 Å². The number of carbonyl (C=O) groups is 1. The molecule has 0 aromatic carbocycles. The Morgan fingerprint density at radius 1 is 1.21 bits per heavy atom. The van der Waals surface area contributed by atoms with E-state index in [1.54, 1.807) is 6.20 Å². The van der Waals surface area contributed by atoms with Gasteiger partial charge in [0.15, 0.2) is 0 Å². The number of nitrogens with one attached hydrogen (secondary N) is 1. The Morgan fingerprint density at radius 3 is 2.57 bits per heavy atom. The minimum atomic E-state index is 0.154. The molecule has 0 saturated carbocycles. The van der Waals surface area contributed by atoms with Crippen molar-refractivity contribution in [1.82, 2.24) is 5.32 Å². The van der Waals surface area contributed by atoms with Crippen LogP contribution in [0.1, 0.15) is 51.9 Å². The van der Waals surface area contributed by atoms with Crippen molar-refractivity contribution in [3.8, 4) is 0 Å². The number of amides is 1. The molecule has 1 N–H and O–H groups in total. The summed E-state index contributed by atoms with van der Waals surface area (Å²) in [5, 5.41) is 2.71. The SMILES string of the molecule is CCCCCCCCC1C=CNC1=O. The summed E-state index contributed by atoms with van der Waals surface area (Å²) >= 11 is 0. The van der Waals surface area contributed by atoms with Crippen LogP contribution in [0.25, 0.3) is 0 Å². The second-order valence-electron chi connectivity index (χ2n) is 4.03. The topological polar surface area (TPSA) is 29.1 Å². The van der Waals surface area contributed by atoms with Gasteiger partial charge in [0.25, 0.3) is 0 Å². The van der Waals surface area contributed by atoms with E-state index in [2.05, 4.69) is 12.2 Å². The number of hydrogen-bond donors (Lipinski definition) is 1. The first-order valence-electron chi connectivity index (χ1n) is 5.81. The molecule has 2 heteroatoms. The number of carbonyl (C=O) groups excluding carboxylic acids is 1. The van der Waals surface area contributed by atoms with Gasteiger partial charge in [-0.3, -0.25) is 4.79 Å². The second kappa shape index (κ2) is 6.63. The summed E-state index contributed by atoms with van der Waals surface area (Å²) in [5.41, 5.74) is 0. The Kier molecular flexibility index (Phi) is 5.35. The van der Waals surface area contributed by atoms with Gasteiger partial charge in [-0.2, -0.15) is 0 Å². The predicted octanol–water partition coefficient (Wildman–Crippen LogP) is 3.00. The lowest BCUT2D eigenvalue weighted by molar-refractivity contribution is -0.122. The molecule has 1 amide bonds. The van der Waals surface area contributed by atoms with E-state index in [0.29, 0.717) is 0 Å². The largest absolute Gasteiger partial charge is 0.332 e. The monoisotopic (exact) mass is 195 g/mol. The first-order valence-corrected chi connectivity index (χ1v) is 5.81. The van der Waals surface area contributed by atoms with E-state index in [4.69, 9.17) is 0 Å². The molecule has 0 aromatic rings. The number of rotatable bonds is 7. The molecule has 1 aliphatic heterocycles. The van der Waals surface area contributed by atoms with E-state index in [-0.39, 0.29) is 11.8 Å². The third-order valence-electron chi connectivity index (χ3n) is 2.76. The van der Waals surface area contributed by atoms with E-state index in [0.717, 1.165) is 6.42 Å². The first-order chi connectivity index (χ1) is 6.84. The maximum Gasteiger partial charge on any atom is 0.230 e. The molecule has 1 heterocycles. The molecule has 14 heavy (non-hydrogen) atoms. The molecule has 0 fully saturated rings. The predicted molar refractivity (Wildman–Crippen MR) is 58.8 cm³/mol. The molecular formula is C12H21NO. The van der Waals surface area contributed by atoms with Crippen LogP contribution in [0.5, 0.6) is 0 Å². The highest BCUT2D eigenvalue weighted by Crippen LogP contribution is 2.15. The van der Waals surface area contributed by atoms with E-state index in [9.17, 15) is 4.79 Å². The highest BCUT2D eigenvalue weighted by atomic mass is 16.2. The van der Waals surface area contributed by atoms with Crippen molar-refractivity contribution < 1.29 is 4.79 Å². The fourth-order valence-corrected chi connectivity index (χ4v) is 1.81. The van der Waals surface area contributed by atoms with Gasteiger partial charge in [-0.15, -0.1) is 0 Å². The Balaban J connectivity index is 1.93. The molecule has 0 bridgehead atoms. The van der Waals surface area contributed by atoms with Gasteiger partial charge in [-0.05, 0) is 6.42 Å². The summed E-state index contributed by atoms with van der Waals surface area (Å²) in [7, 11) is 0. The standard InChI is InChI=1S/C12H21NO/c1-2-3-4-5-6-7-8-11-9-10-13-12(11)14/h9-11H,2-8H2,1H3,(H,13,14). The van der Waals surface area contributed by atoms with E-state index < -0.39 is 0 Å². The molecule has 0 spiro atoms. The van der Waals surface area contributed by atoms with Crippen molar-refractivity contribution in [1.29, 1.82) is 0 Å². The highest BCUT2D eigenvalue weighted by Gasteiger charge is 2.17. The average Bonchev–Trinajstić information content (AvgIpc) is 2.58. The van der Waals surface area contributed by atoms with Gasteiger partial charge < -0.3 is 5.32 Å². The van der Waals surface area contributed by atoms with Crippen molar-refractivity contribution in [2.75, 3.05) is 0 Å². The van der Waals surface area contributed by atoms with Crippen molar-refractivity contribution >= 4 is 5.91 Å². The van der Waals surface area contributed by atoms with Crippen molar-refractivity contribution in [3.63, 3.8) is 0 Å². The second-order valence-corrected chi connectivity index (χ2v) is 4.03. The highest BCUT2D eigenvalue weighted by molar-refractivity contribution is 5.83. The Bertz CT molecular complexity index is 198. The maximum atomic E-state index is 11.2. The molecule has 0 radical (unpaired) electrons. The summed E-state index contributed by atoms with van der Waals surface area (Å²) in [5.74, 6) is 0.333. The Labute approximate surface area is 86.8 Å². The maximum absolute atomic E-state index is 11.2. The van der Waals surface area contributed by atoms with Crippen LogP contribution in [-0.4, -0.2) is 5.91 Å². The molecule has 1 rings (SSSR count). The third-order valence-corrected chi connectivity index (χ3v) is 2.76. The zero-order valence-electron chi connectivity index (χ0n) is 9.09. The van der Waals surface area contributed by atoms with Gasteiger partial charge in [-0.1, -0.05) is 51.5 Å². The van der Waals surface area contributed by atoms with E-state index in [1.807, 2.05) is 6.08 Å². The lowest BCUT2D eigenvalue weighted by Gasteiger charge is -2.05. The molecule has 1 unspecified atom stereocenters. The van der Waals surface area contributed by atoms with Gasteiger partial charge in [0.2, 0.25) is 5.91 Å². The lowest BCUT2D eigenvalue weighted by atomic mass is 10.0. The number of hydrogen-bond acceptors (Lipinski definition) is 1. The summed E-state index contributed by atoms with van der Waals surface area (Å²) in [6.45, 7) is 2.23. The average molecular weight is 195 g/mol. The van der Waals surface area contributed by atoms with Crippen molar-refractivity contribution in [3.05, 3.63) is 12.3 Å². The Hall–Kier alpha value is -0.790. The first kappa shape index (κ1) is 11.3. The summed E-state index contributed by atoms with van der Waals surface area (Å²) < 4.78 is 0. The fraction of sp³-hybridized carbons (Fsp3) is 0.750. The summed E-state index contributed by atoms with van der Waals surface area (Å²) in [6, 6.07) is 0. The zero-order chi connectivity index (χ0) is 10.2. The molecule has 2 nitrogen and oxygen atoms in total. The van der Waals surface area contributed by atoms with Crippen LogP contribution in [0, 0.1) is 5.92 Å². The normalized spacial score (nSPS) is 20.1. The van der Waals surface area contributed by atoms with Gasteiger partial charge >= 0.3 is 0 Å². The van der Waals surface area contributed by atoms with Crippen LogP contribution in [0.3, 0.4) is 0 Å². The van der Waals surface area contributed by atoms with Crippen LogP contribution in [0.2, 0.25) is 0 Å². The van der Waals surface area contributed by atoms with Crippen molar-refractivity contribution in [2.45, 2.75) is 51.9 Å². The van der Waals surface area contributed by atoms with Gasteiger partial charge in [0.1, 0.15) is 0 Å². The van der Waals surface area contributed by atoms with Gasteiger partial charge in [0.05, 0.1) is 5.92 Å². The van der Waals surface area contributed by atoms with E-state index >= 15 is 0 Å². The third kappa shape index (κ3) is 3.95. The number of unbranched alkanes of at least 4 members (excludes halogenated alkanes) is 5. The minimum absolute atomic E-state index is 0.154.